The third kappa shape index (κ3) is 15.0. The average molecular weight is 509 g/mol. The number of hydrogen-bond acceptors (Lipinski definition) is 7. The molecule has 0 aromatic carbocycles. The molecule has 31 heavy (non-hydrogen) atoms. The first kappa shape index (κ1) is 30.4. The van der Waals surface area contributed by atoms with Crippen molar-refractivity contribution in [2.24, 2.45) is 0 Å². The summed E-state index contributed by atoms with van der Waals surface area (Å²) in [6.45, 7) is 22.6. The highest BCUT2D eigenvalue weighted by Crippen LogP contribution is 2.31. The maximum Gasteiger partial charge on any atom is 0.469 e. The molecule has 0 fully saturated rings. The first-order chi connectivity index (χ1) is 13.9. The fraction of sp³-hybridized carbons (Fsp3) is 0.800. The molecular formula is C20H44O7Si4. The molecule has 182 valence electrons. The zero-order chi connectivity index (χ0) is 24.5. The Hall–Kier alpha value is -0.572. The van der Waals surface area contributed by atoms with Crippen LogP contribution in [0, 0.1) is 0 Å². The summed E-state index contributed by atoms with van der Waals surface area (Å²) in [4.78, 5) is 23.2. The van der Waals surface area contributed by atoms with Crippen molar-refractivity contribution in [2.45, 2.75) is 90.7 Å². The van der Waals surface area contributed by atoms with Gasteiger partial charge in [-0.15, -0.1) is 0 Å². The van der Waals surface area contributed by atoms with Crippen LogP contribution in [0.2, 0.25) is 64.5 Å². The lowest BCUT2D eigenvalue weighted by atomic mass is 10.3. The summed E-state index contributed by atoms with van der Waals surface area (Å²) in [5.74, 6) is -0.590. The Bertz CT molecular complexity index is 594. The Kier molecular flexibility index (Phi) is 12.4. The van der Waals surface area contributed by atoms with Gasteiger partial charge in [0.1, 0.15) is 0 Å². The molecule has 0 N–H and O–H groups in total. The van der Waals surface area contributed by atoms with Gasteiger partial charge in [0.15, 0.2) is 25.0 Å². The monoisotopic (exact) mass is 508 g/mol. The van der Waals surface area contributed by atoms with Gasteiger partial charge in [0, 0.05) is 18.0 Å². The molecular weight excluding hydrogens is 465 g/mol. The summed E-state index contributed by atoms with van der Waals surface area (Å²) < 4.78 is 30.3. The number of methoxy groups -OCH3 is 1. The van der Waals surface area contributed by atoms with Crippen LogP contribution in [0.15, 0.2) is 12.2 Å². The normalized spacial score (nSPS) is 13.1. The van der Waals surface area contributed by atoms with Gasteiger partial charge in [0.25, 0.3) is 0 Å². The molecule has 0 aromatic rings. The molecule has 0 radical (unpaired) electrons. The molecule has 0 heterocycles. The van der Waals surface area contributed by atoms with Crippen molar-refractivity contribution in [3.05, 3.63) is 12.2 Å². The molecule has 0 aliphatic heterocycles. The number of rotatable bonds is 15. The van der Waals surface area contributed by atoms with Crippen LogP contribution in [0.25, 0.3) is 0 Å². The first-order valence-electron chi connectivity index (χ1n) is 10.9. The van der Waals surface area contributed by atoms with Gasteiger partial charge in [0.05, 0.1) is 13.7 Å². The van der Waals surface area contributed by atoms with Crippen molar-refractivity contribution in [3.8, 4) is 0 Å². The molecule has 0 aromatic heterocycles. The van der Waals surface area contributed by atoms with Gasteiger partial charge in [-0.3, -0.25) is 4.79 Å². The number of esters is 2. The second-order valence-electron chi connectivity index (χ2n) is 10.4. The van der Waals surface area contributed by atoms with Crippen LogP contribution in [0.5, 0.6) is 0 Å². The Morgan fingerprint density at radius 3 is 1.74 bits per heavy atom. The number of carbonyl (C=O) groups excluding carboxylic acids is 2. The van der Waals surface area contributed by atoms with Gasteiger partial charge in [0.2, 0.25) is 0 Å². The van der Waals surface area contributed by atoms with E-state index in [4.69, 9.17) is 21.8 Å². The van der Waals surface area contributed by atoms with Crippen molar-refractivity contribution in [1.82, 2.24) is 0 Å². The van der Waals surface area contributed by atoms with Crippen LogP contribution >= 0.6 is 0 Å². The van der Waals surface area contributed by atoms with Crippen LogP contribution in [0.3, 0.4) is 0 Å². The lowest BCUT2D eigenvalue weighted by molar-refractivity contribution is -0.141. The van der Waals surface area contributed by atoms with E-state index in [0.29, 0.717) is 30.9 Å². The maximum atomic E-state index is 11.7. The Morgan fingerprint density at radius 2 is 1.32 bits per heavy atom. The largest absolute Gasteiger partial charge is 0.469 e. The zero-order valence-electron chi connectivity index (χ0n) is 21.3. The van der Waals surface area contributed by atoms with Gasteiger partial charge in [-0.2, -0.15) is 0 Å². The van der Waals surface area contributed by atoms with E-state index < -0.39 is 33.8 Å². The molecule has 11 heteroatoms. The molecule has 0 aliphatic carbocycles. The predicted molar refractivity (Wildman–Crippen MR) is 134 cm³/mol. The Balaban J connectivity index is 5.54. The molecule has 0 saturated heterocycles. The van der Waals surface area contributed by atoms with Gasteiger partial charge in [-0.05, 0) is 78.2 Å². The van der Waals surface area contributed by atoms with Crippen LogP contribution in [-0.2, 0) is 31.4 Å². The zero-order valence-corrected chi connectivity index (χ0v) is 25.3. The average Bonchev–Trinajstić information content (AvgIpc) is 2.54. The Morgan fingerprint density at radius 1 is 0.806 bits per heavy atom. The summed E-state index contributed by atoms with van der Waals surface area (Å²) in [5, 5.41) is 0. The smallest absolute Gasteiger partial charge is 0.469 e. The molecule has 0 unspecified atom stereocenters. The highest BCUT2D eigenvalue weighted by molar-refractivity contribution is 6.90. The van der Waals surface area contributed by atoms with Crippen LogP contribution < -0.4 is 0 Å². The minimum absolute atomic E-state index is 0.204. The summed E-state index contributed by atoms with van der Waals surface area (Å²) in [6, 6.07) is 1.41. The van der Waals surface area contributed by atoms with Gasteiger partial charge in [-0.25, -0.2) is 4.79 Å². The maximum absolute atomic E-state index is 11.7. The summed E-state index contributed by atoms with van der Waals surface area (Å²) in [5.41, 5.74) is 0.385. The fourth-order valence-electron chi connectivity index (χ4n) is 2.96. The highest BCUT2D eigenvalue weighted by Gasteiger charge is 2.50. The quantitative estimate of drug-likeness (QED) is 0.128. The minimum atomic E-state index is -3.03. The minimum Gasteiger partial charge on any atom is -0.469 e. The summed E-state index contributed by atoms with van der Waals surface area (Å²) in [6.07, 6.45) is 1.70. The van der Waals surface area contributed by atoms with E-state index in [0.717, 1.165) is 6.04 Å². The molecule has 0 spiro atoms. The highest BCUT2D eigenvalue weighted by atomic mass is 28.5. The van der Waals surface area contributed by atoms with E-state index in [-0.39, 0.29) is 18.5 Å². The van der Waals surface area contributed by atoms with Crippen LogP contribution in [0.4, 0.5) is 0 Å². The number of carbonyl (C=O) groups is 2. The van der Waals surface area contributed by atoms with E-state index >= 15 is 0 Å². The van der Waals surface area contributed by atoms with Gasteiger partial charge >= 0.3 is 20.7 Å². The van der Waals surface area contributed by atoms with Crippen molar-refractivity contribution in [1.29, 1.82) is 0 Å². The fourth-order valence-corrected chi connectivity index (χ4v) is 18.7. The predicted octanol–water partition coefficient (Wildman–Crippen LogP) is 5.31. The molecule has 0 saturated carbocycles. The molecule has 0 aliphatic rings. The van der Waals surface area contributed by atoms with Crippen molar-refractivity contribution in [3.63, 3.8) is 0 Å². The summed E-state index contributed by atoms with van der Waals surface area (Å²) >= 11 is 0. The molecule has 0 rings (SSSR count). The number of hydrogen-bond donors (Lipinski definition) is 0. The summed E-state index contributed by atoms with van der Waals surface area (Å²) in [7, 11) is -7.79. The SMILES string of the molecule is C=C(C)C(=O)OCCC[Si](O[Si](C)(C)C)(O[Si](C)(C)C)O[Si](C)(C)CCCC(=O)OC. The third-order valence-corrected chi connectivity index (χ3v) is 17.3. The van der Waals surface area contributed by atoms with E-state index in [1.54, 1.807) is 6.92 Å². The van der Waals surface area contributed by atoms with E-state index in [1.807, 2.05) is 0 Å². The second kappa shape index (κ2) is 12.6. The van der Waals surface area contributed by atoms with Crippen molar-refractivity contribution >= 4 is 45.7 Å². The van der Waals surface area contributed by atoms with E-state index in [9.17, 15) is 9.59 Å². The number of ether oxygens (including phenoxy) is 2. The van der Waals surface area contributed by atoms with Crippen molar-refractivity contribution in [2.75, 3.05) is 13.7 Å². The van der Waals surface area contributed by atoms with Crippen molar-refractivity contribution < 1.29 is 31.4 Å². The van der Waals surface area contributed by atoms with Crippen LogP contribution in [-0.4, -0.2) is 59.4 Å². The van der Waals surface area contributed by atoms with Gasteiger partial charge < -0.3 is 21.8 Å². The van der Waals surface area contributed by atoms with Crippen LogP contribution in [0.1, 0.15) is 26.2 Å². The lowest BCUT2D eigenvalue weighted by Gasteiger charge is -2.43. The first-order valence-corrected chi connectivity index (χ1v) is 22.8. The molecule has 0 amide bonds. The molecule has 0 bridgehead atoms. The Labute approximate surface area is 193 Å². The van der Waals surface area contributed by atoms with E-state index in [2.05, 4.69) is 59.0 Å². The molecule has 0 atom stereocenters. The topological polar surface area (TPSA) is 80.3 Å². The lowest BCUT2D eigenvalue weighted by Crippen LogP contribution is -2.61. The third-order valence-electron chi connectivity index (χ3n) is 3.95. The second-order valence-corrected chi connectivity index (χ2v) is 27.2. The van der Waals surface area contributed by atoms with Gasteiger partial charge in [-0.1, -0.05) is 6.58 Å². The van der Waals surface area contributed by atoms with E-state index in [1.165, 1.54) is 7.11 Å². The standard InChI is InChI=1S/C20H44O7Si4/c1-18(2)20(22)24-15-13-17-31(25-28(4,5)6,26-29(7,8)9)27-30(10,11)16-12-14-19(21)23-3/h1,12-17H2,2-11H3. The molecule has 7 nitrogen and oxygen atoms in total.